The van der Waals surface area contributed by atoms with Gasteiger partial charge in [-0.15, -0.1) is 0 Å². The Kier molecular flexibility index (Phi) is 7.00. The maximum Gasteiger partial charge on any atom is 0.216 e. The van der Waals surface area contributed by atoms with Gasteiger partial charge in [0.05, 0.1) is 11.5 Å². The van der Waals surface area contributed by atoms with Crippen molar-refractivity contribution < 1.29 is 13.2 Å². The van der Waals surface area contributed by atoms with Crippen LogP contribution in [0.1, 0.15) is 12.0 Å². The number of nitrogens with zero attached hydrogens (tertiary/aromatic N) is 1. The van der Waals surface area contributed by atoms with Gasteiger partial charge in [0.15, 0.2) is 0 Å². The average molecular weight is 400 g/mol. The fourth-order valence-corrected chi connectivity index (χ4v) is 4.89. The first-order valence-electron chi connectivity index (χ1n) is 8.87. The van der Waals surface area contributed by atoms with Crippen LogP contribution in [0, 0.1) is 11.3 Å². The summed E-state index contributed by atoms with van der Waals surface area (Å²) in [6, 6.07) is 18.1. The van der Waals surface area contributed by atoms with Crippen molar-refractivity contribution in [2.24, 2.45) is 0 Å². The van der Waals surface area contributed by atoms with Crippen molar-refractivity contribution in [3.63, 3.8) is 0 Å². The zero-order chi connectivity index (χ0) is 19.9. The van der Waals surface area contributed by atoms with E-state index in [9.17, 15) is 13.7 Å². The van der Waals surface area contributed by atoms with E-state index in [1.54, 1.807) is 48.5 Å². The summed E-state index contributed by atoms with van der Waals surface area (Å²) in [4.78, 5) is -0.169. The van der Waals surface area contributed by atoms with Gasteiger partial charge in [0.2, 0.25) is 9.84 Å². The fourth-order valence-electron chi connectivity index (χ4n) is 2.50. The highest BCUT2D eigenvalue weighted by molar-refractivity contribution is 7.95. The van der Waals surface area contributed by atoms with Crippen molar-refractivity contribution in [1.29, 1.82) is 5.26 Å². The van der Waals surface area contributed by atoms with Crippen LogP contribution in [-0.4, -0.2) is 23.1 Å². The molecule has 0 radical (unpaired) electrons. The molecular formula is C21H25NO3SSi. The van der Waals surface area contributed by atoms with Crippen LogP contribution >= 0.6 is 0 Å². The lowest BCUT2D eigenvalue weighted by Crippen LogP contribution is -2.19. The average Bonchev–Trinajstić information content (AvgIpc) is 2.64. The SMILES string of the molecule is C[Si](C)(C)CCCOc1ccc(/C=C(\C#N)S(=O)(=O)c2ccccc2)cc1. The van der Waals surface area contributed by atoms with Crippen LogP contribution in [0.5, 0.6) is 5.75 Å². The van der Waals surface area contributed by atoms with E-state index in [1.165, 1.54) is 24.3 Å². The number of rotatable bonds is 8. The summed E-state index contributed by atoms with van der Waals surface area (Å²) in [6.07, 6.45) is 2.42. The predicted molar refractivity (Wildman–Crippen MR) is 112 cm³/mol. The van der Waals surface area contributed by atoms with Gasteiger partial charge in [-0.3, -0.25) is 0 Å². The minimum atomic E-state index is -3.82. The van der Waals surface area contributed by atoms with Crippen molar-refractivity contribution >= 4 is 24.0 Å². The molecule has 0 aliphatic carbocycles. The highest BCUT2D eigenvalue weighted by atomic mass is 32.2. The number of nitriles is 1. The summed E-state index contributed by atoms with van der Waals surface area (Å²) in [5.74, 6) is 0.743. The lowest BCUT2D eigenvalue weighted by Gasteiger charge is -2.15. The molecule has 0 spiro atoms. The molecule has 0 heterocycles. The number of allylic oxidation sites excluding steroid dienone is 1. The number of hydrogen-bond acceptors (Lipinski definition) is 4. The van der Waals surface area contributed by atoms with Crippen molar-refractivity contribution in [1.82, 2.24) is 0 Å². The minimum absolute atomic E-state index is 0.111. The standard InChI is InChI=1S/C21H25NO3SSi/c1-27(2,3)15-7-14-25-19-12-10-18(11-13-19)16-21(17-22)26(23,24)20-8-5-4-6-9-20/h4-6,8-13,16H,7,14-15H2,1-3H3/b21-16+. The maximum absolute atomic E-state index is 12.6. The summed E-state index contributed by atoms with van der Waals surface area (Å²) >= 11 is 0. The molecule has 4 nitrogen and oxygen atoms in total. The van der Waals surface area contributed by atoms with Crippen molar-refractivity contribution in [3.8, 4) is 11.8 Å². The van der Waals surface area contributed by atoms with Gasteiger partial charge < -0.3 is 4.74 Å². The highest BCUT2D eigenvalue weighted by Gasteiger charge is 2.20. The van der Waals surface area contributed by atoms with Crippen LogP contribution in [0.2, 0.25) is 25.7 Å². The summed E-state index contributed by atoms with van der Waals surface area (Å²) in [7, 11) is -4.87. The molecule has 27 heavy (non-hydrogen) atoms. The molecule has 2 aromatic rings. The molecule has 142 valence electrons. The third kappa shape index (κ3) is 6.38. The van der Waals surface area contributed by atoms with Crippen LogP contribution in [0.4, 0.5) is 0 Å². The van der Waals surface area contributed by atoms with Crippen molar-refractivity contribution in [2.45, 2.75) is 37.0 Å². The van der Waals surface area contributed by atoms with E-state index in [1.807, 2.05) is 0 Å². The molecule has 0 amide bonds. The Balaban J connectivity index is 2.08. The van der Waals surface area contributed by atoms with Crippen LogP contribution in [0.3, 0.4) is 0 Å². The largest absolute Gasteiger partial charge is 0.494 e. The Morgan fingerprint density at radius 3 is 2.26 bits per heavy atom. The van der Waals surface area contributed by atoms with Gasteiger partial charge in [0.25, 0.3) is 0 Å². The van der Waals surface area contributed by atoms with Crippen LogP contribution < -0.4 is 4.74 Å². The molecule has 0 unspecified atom stereocenters. The molecule has 0 aliphatic heterocycles. The second-order valence-corrected chi connectivity index (χ2v) is 15.1. The summed E-state index contributed by atoms with van der Waals surface area (Å²) < 4.78 is 30.9. The molecule has 0 aliphatic rings. The Labute approximate surface area is 163 Å². The van der Waals surface area contributed by atoms with Gasteiger partial charge in [-0.1, -0.05) is 56.0 Å². The second kappa shape index (κ2) is 9.02. The predicted octanol–water partition coefficient (Wildman–Crippen LogP) is 5.13. The number of hydrogen-bond donors (Lipinski definition) is 0. The maximum atomic E-state index is 12.6. The number of sulfone groups is 1. The Hall–Kier alpha value is -2.36. The summed E-state index contributed by atoms with van der Waals surface area (Å²) in [5, 5.41) is 9.33. The van der Waals surface area contributed by atoms with Gasteiger partial charge in [-0.2, -0.15) is 5.26 Å². The van der Waals surface area contributed by atoms with Gasteiger partial charge in [0, 0.05) is 8.07 Å². The van der Waals surface area contributed by atoms with E-state index in [2.05, 4.69) is 19.6 Å². The Morgan fingerprint density at radius 2 is 1.70 bits per heavy atom. The molecule has 2 rings (SSSR count). The third-order valence-electron chi connectivity index (χ3n) is 3.97. The van der Waals surface area contributed by atoms with E-state index in [0.717, 1.165) is 12.2 Å². The van der Waals surface area contributed by atoms with Gasteiger partial charge in [0.1, 0.15) is 16.7 Å². The number of benzene rings is 2. The molecule has 0 saturated heterocycles. The van der Waals surface area contributed by atoms with Gasteiger partial charge in [-0.25, -0.2) is 8.42 Å². The van der Waals surface area contributed by atoms with Crippen LogP contribution in [-0.2, 0) is 9.84 Å². The Morgan fingerprint density at radius 1 is 1.07 bits per heavy atom. The summed E-state index contributed by atoms with van der Waals surface area (Å²) in [5.41, 5.74) is 0.639. The smallest absolute Gasteiger partial charge is 0.216 e. The fraction of sp³-hybridized carbons (Fsp3) is 0.286. The zero-order valence-corrected chi connectivity index (χ0v) is 17.8. The van der Waals surface area contributed by atoms with Crippen LogP contribution in [0.15, 0.2) is 64.4 Å². The quantitative estimate of drug-likeness (QED) is 0.350. The zero-order valence-electron chi connectivity index (χ0n) is 16.0. The normalized spacial score (nSPS) is 12.4. The van der Waals surface area contributed by atoms with E-state index < -0.39 is 17.9 Å². The van der Waals surface area contributed by atoms with Gasteiger partial charge in [-0.05, 0) is 42.3 Å². The molecule has 2 aromatic carbocycles. The molecule has 0 aromatic heterocycles. The monoisotopic (exact) mass is 399 g/mol. The summed E-state index contributed by atoms with van der Waals surface area (Å²) in [6.45, 7) is 7.69. The van der Waals surface area contributed by atoms with Crippen LogP contribution in [0.25, 0.3) is 6.08 Å². The molecular weight excluding hydrogens is 374 g/mol. The molecule has 0 saturated carbocycles. The molecule has 0 bridgehead atoms. The molecule has 6 heteroatoms. The molecule has 0 fully saturated rings. The van der Waals surface area contributed by atoms with E-state index in [0.29, 0.717) is 12.2 Å². The van der Waals surface area contributed by atoms with Gasteiger partial charge >= 0.3 is 0 Å². The minimum Gasteiger partial charge on any atom is -0.494 e. The van der Waals surface area contributed by atoms with E-state index in [4.69, 9.17) is 4.74 Å². The first-order chi connectivity index (χ1) is 12.7. The topological polar surface area (TPSA) is 67.2 Å². The Bertz CT molecular complexity index is 922. The first-order valence-corrected chi connectivity index (χ1v) is 14.1. The number of ether oxygens (including phenoxy) is 1. The molecule has 0 N–H and O–H groups in total. The molecule has 0 atom stereocenters. The lowest BCUT2D eigenvalue weighted by atomic mass is 10.2. The van der Waals surface area contributed by atoms with E-state index >= 15 is 0 Å². The van der Waals surface area contributed by atoms with Crippen molar-refractivity contribution in [3.05, 3.63) is 65.1 Å². The lowest BCUT2D eigenvalue weighted by molar-refractivity contribution is 0.317. The van der Waals surface area contributed by atoms with Crippen molar-refractivity contribution in [2.75, 3.05) is 6.61 Å². The van der Waals surface area contributed by atoms with E-state index in [-0.39, 0.29) is 9.80 Å². The highest BCUT2D eigenvalue weighted by Crippen LogP contribution is 2.22. The first kappa shape index (κ1) is 20.9. The second-order valence-electron chi connectivity index (χ2n) is 7.52. The third-order valence-corrected chi connectivity index (χ3v) is 7.51.